The zero-order valence-electron chi connectivity index (χ0n) is 11.6. The third-order valence-corrected chi connectivity index (χ3v) is 4.41. The molecule has 0 radical (unpaired) electrons. The highest BCUT2D eigenvalue weighted by Gasteiger charge is 2.33. The lowest BCUT2D eigenvalue weighted by Gasteiger charge is -2.24. The molecule has 0 spiro atoms. The summed E-state index contributed by atoms with van der Waals surface area (Å²) in [4.78, 5) is 32.8. The molecule has 110 valence electrons. The van der Waals surface area contributed by atoms with Gasteiger partial charge in [0.25, 0.3) is 5.91 Å². The first kappa shape index (κ1) is 13.9. The Morgan fingerprint density at radius 1 is 1.57 bits per heavy atom. The fraction of sp³-hybridized carbons (Fsp3) is 0.462. The van der Waals surface area contributed by atoms with E-state index in [-0.39, 0.29) is 17.6 Å². The zero-order chi connectivity index (χ0) is 14.8. The molecular weight excluding hydrogens is 290 g/mol. The second-order valence-electron chi connectivity index (χ2n) is 4.89. The molecule has 7 nitrogen and oxygen atoms in total. The van der Waals surface area contributed by atoms with Gasteiger partial charge < -0.3 is 9.88 Å². The van der Waals surface area contributed by atoms with Crippen LogP contribution in [0, 0.1) is 0 Å². The summed E-state index contributed by atoms with van der Waals surface area (Å²) >= 11 is 1.13. The highest BCUT2D eigenvalue weighted by molar-refractivity contribution is 7.08. The zero-order valence-corrected chi connectivity index (χ0v) is 12.4. The largest absolute Gasteiger partial charge is 0.345 e. The standard InChI is InChI=1S/C13H15N5O2S/c1-2-8-11(21-17-16-8)12(19)18-7-3-4-10(18)9-5-6-14-13(20)15-9/h5-6,10H,2-4,7H2,1H3,(H,14,15,20)/t10-/m0/s1. The maximum absolute atomic E-state index is 12.7. The number of aromatic nitrogens is 4. The molecule has 3 rings (SSSR count). The number of likely N-dealkylation sites (tertiary alicyclic amines) is 1. The summed E-state index contributed by atoms with van der Waals surface area (Å²) in [6.45, 7) is 2.63. The predicted octanol–water partition coefficient (Wildman–Crippen LogP) is 1.16. The van der Waals surface area contributed by atoms with Crippen molar-refractivity contribution in [1.82, 2.24) is 24.5 Å². The van der Waals surface area contributed by atoms with Crippen molar-refractivity contribution < 1.29 is 4.79 Å². The highest BCUT2D eigenvalue weighted by atomic mass is 32.1. The van der Waals surface area contributed by atoms with E-state index in [1.54, 1.807) is 11.0 Å². The van der Waals surface area contributed by atoms with E-state index in [1.165, 1.54) is 6.20 Å². The van der Waals surface area contributed by atoms with Crippen molar-refractivity contribution >= 4 is 17.4 Å². The van der Waals surface area contributed by atoms with Gasteiger partial charge in [-0.15, -0.1) is 5.10 Å². The average molecular weight is 305 g/mol. The van der Waals surface area contributed by atoms with Crippen LogP contribution in [0.2, 0.25) is 0 Å². The maximum atomic E-state index is 12.7. The summed E-state index contributed by atoms with van der Waals surface area (Å²) in [6.07, 6.45) is 3.90. The molecule has 1 saturated heterocycles. The van der Waals surface area contributed by atoms with E-state index >= 15 is 0 Å². The number of nitrogens with zero attached hydrogens (tertiary/aromatic N) is 4. The molecule has 3 heterocycles. The van der Waals surface area contributed by atoms with Gasteiger partial charge in [0, 0.05) is 18.4 Å². The number of H-pyrrole nitrogens is 1. The summed E-state index contributed by atoms with van der Waals surface area (Å²) < 4.78 is 3.87. The molecule has 2 aromatic heterocycles. The van der Waals surface area contributed by atoms with Crippen LogP contribution in [0.5, 0.6) is 0 Å². The summed E-state index contributed by atoms with van der Waals surface area (Å²) in [5.74, 6) is -0.0537. The van der Waals surface area contributed by atoms with Gasteiger partial charge in [-0.25, -0.2) is 9.78 Å². The number of aromatic amines is 1. The fourth-order valence-corrected chi connectivity index (χ4v) is 3.35. The monoisotopic (exact) mass is 305 g/mol. The predicted molar refractivity (Wildman–Crippen MR) is 77.2 cm³/mol. The van der Waals surface area contributed by atoms with E-state index in [4.69, 9.17) is 0 Å². The Morgan fingerprint density at radius 3 is 3.19 bits per heavy atom. The van der Waals surface area contributed by atoms with Gasteiger partial charge in [-0.1, -0.05) is 11.4 Å². The van der Waals surface area contributed by atoms with Gasteiger partial charge in [0.1, 0.15) is 4.88 Å². The van der Waals surface area contributed by atoms with E-state index in [1.807, 2.05) is 6.92 Å². The summed E-state index contributed by atoms with van der Waals surface area (Å²) in [6, 6.07) is 1.64. The minimum Gasteiger partial charge on any atom is -0.329 e. The van der Waals surface area contributed by atoms with Gasteiger partial charge in [0.05, 0.1) is 11.7 Å². The fourth-order valence-electron chi connectivity index (χ4n) is 2.64. The molecule has 1 aliphatic rings. The van der Waals surface area contributed by atoms with Crippen molar-refractivity contribution in [2.45, 2.75) is 32.2 Å². The number of carbonyl (C=O) groups is 1. The lowest BCUT2D eigenvalue weighted by Crippen LogP contribution is -2.32. The molecular formula is C13H15N5O2S. The second-order valence-corrected chi connectivity index (χ2v) is 5.64. The van der Waals surface area contributed by atoms with E-state index < -0.39 is 0 Å². The van der Waals surface area contributed by atoms with Crippen LogP contribution in [0.1, 0.15) is 46.9 Å². The third-order valence-electron chi connectivity index (χ3n) is 3.65. The number of aryl methyl sites for hydroxylation is 1. The highest BCUT2D eigenvalue weighted by Crippen LogP contribution is 2.32. The lowest BCUT2D eigenvalue weighted by molar-refractivity contribution is 0.0736. The van der Waals surface area contributed by atoms with E-state index in [9.17, 15) is 9.59 Å². The Bertz CT molecular complexity index is 710. The molecule has 0 saturated carbocycles. The molecule has 1 fully saturated rings. The van der Waals surface area contributed by atoms with Crippen LogP contribution in [0.3, 0.4) is 0 Å². The van der Waals surface area contributed by atoms with Crippen molar-refractivity contribution in [2.24, 2.45) is 0 Å². The Hall–Kier alpha value is -2.09. The molecule has 8 heteroatoms. The van der Waals surface area contributed by atoms with Crippen LogP contribution in [0.25, 0.3) is 0 Å². The first-order valence-corrected chi connectivity index (χ1v) is 7.65. The van der Waals surface area contributed by atoms with Crippen LogP contribution < -0.4 is 5.69 Å². The molecule has 1 N–H and O–H groups in total. The van der Waals surface area contributed by atoms with Crippen LogP contribution in [-0.2, 0) is 6.42 Å². The maximum Gasteiger partial charge on any atom is 0.345 e. The number of carbonyl (C=O) groups excluding carboxylic acids is 1. The van der Waals surface area contributed by atoms with Crippen LogP contribution in [-0.4, -0.2) is 36.9 Å². The normalized spacial score (nSPS) is 18.1. The van der Waals surface area contributed by atoms with Gasteiger partial charge in [-0.05, 0) is 36.9 Å². The van der Waals surface area contributed by atoms with Crippen molar-refractivity contribution in [3.8, 4) is 0 Å². The molecule has 0 unspecified atom stereocenters. The van der Waals surface area contributed by atoms with Gasteiger partial charge >= 0.3 is 5.69 Å². The van der Waals surface area contributed by atoms with E-state index in [0.717, 1.165) is 35.8 Å². The third kappa shape index (κ3) is 2.58. The van der Waals surface area contributed by atoms with Gasteiger partial charge in [0.2, 0.25) is 0 Å². The molecule has 1 amide bonds. The average Bonchev–Trinajstić information content (AvgIpc) is 3.15. The van der Waals surface area contributed by atoms with E-state index in [2.05, 4.69) is 19.6 Å². The first-order valence-electron chi connectivity index (χ1n) is 6.88. The van der Waals surface area contributed by atoms with Crippen LogP contribution >= 0.6 is 11.5 Å². The van der Waals surface area contributed by atoms with Crippen molar-refractivity contribution in [3.05, 3.63) is 39.0 Å². The van der Waals surface area contributed by atoms with Crippen molar-refractivity contribution in [1.29, 1.82) is 0 Å². The quantitative estimate of drug-likeness (QED) is 0.918. The van der Waals surface area contributed by atoms with Crippen molar-refractivity contribution in [3.63, 3.8) is 0 Å². The molecule has 0 aromatic carbocycles. The smallest absolute Gasteiger partial charge is 0.329 e. The lowest BCUT2D eigenvalue weighted by atomic mass is 10.1. The van der Waals surface area contributed by atoms with E-state index in [0.29, 0.717) is 17.8 Å². The summed E-state index contributed by atoms with van der Waals surface area (Å²) in [5.41, 5.74) is 1.08. The van der Waals surface area contributed by atoms with Crippen LogP contribution in [0.4, 0.5) is 0 Å². The second kappa shape index (κ2) is 5.72. The minimum absolute atomic E-state index is 0.0537. The molecule has 1 aliphatic heterocycles. The molecule has 0 bridgehead atoms. The topological polar surface area (TPSA) is 91.8 Å². The Labute approximate surface area is 125 Å². The van der Waals surface area contributed by atoms with Crippen LogP contribution in [0.15, 0.2) is 17.1 Å². The summed E-state index contributed by atoms with van der Waals surface area (Å²) in [7, 11) is 0. The Morgan fingerprint density at radius 2 is 2.43 bits per heavy atom. The SMILES string of the molecule is CCc1nnsc1C(=O)N1CCC[C@H]1c1ccnc(=O)[nH]1. The Balaban J connectivity index is 1.91. The van der Waals surface area contributed by atoms with Gasteiger partial charge in [-0.3, -0.25) is 4.79 Å². The molecule has 0 aliphatic carbocycles. The molecule has 21 heavy (non-hydrogen) atoms. The summed E-state index contributed by atoms with van der Waals surface area (Å²) in [5, 5.41) is 3.99. The number of nitrogens with one attached hydrogen (secondary N) is 1. The number of hydrogen-bond acceptors (Lipinski definition) is 6. The molecule has 2 aromatic rings. The number of rotatable bonds is 3. The number of hydrogen-bond donors (Lipinski definition) is 1. The number of amides is 1. The van der Waals surface area contributed by atoms with Crippen molar-refractivity contribution in [2.75, 3.05) is 6.54 Å². The van der Waals surface area contributed by atoms with Gasteiger partial charge in [-0.2, -0.15) is 0 Å². The Kier molecular flexibility index (Phi) is 3.78. The van der Waals surface area contributed by atoms with Gasteiger partial charge in [0.15, 0.2) is 0 Å². The molecule has 1 atom stereocenters. The minimum atomic E-state index is -0.388. The first-order chi connectivity index (χ1) is 10.2.